The minimum Gasteiger partial charge on any atom is -0.398 e. The Morgan fingerprint density at radius 1 is 1.33 bits per heavy atom. The van der Waals surface area contributed by atoms with Gasteiger partial charge < -0.3 is 16.0 Å². The van der Waals surface area contributed by atoms with E-state index in [1.165, 1.54) is 0 Å². The molecule has 5 nitrogen and oxygen atoms in total. The number of fused-ring (bicyclic) bond motifs is 1. The number of nitrogens with zero attached hydrogens (tertiary/aromatic N) is 1. The van der Waals surface area contributed by atoms with Crippen molar-refractivity contribution in [3.05, 3.63) is 23.8 Å². The third kappa shape index (κ3) is 3.35. The number of carbonyl (C=O) groups is 2. The highest BCUT2D eigenvalue weighted by Crippen LogP contribution is 2.31. The summed E-state index contributed by atoms with van der Waals surface area (Å²) >= 11 is 0. The summed E-state index contributed by atoms with van der Waals surface area (Å²) in [5.74, 6) is -0.222. The van der Waals surface area contributed by atoms with Gasteiger partial charge in [-0.15, -0.1) is 0 Å². The predicted molar refractivity (Wildman–Crippen MR) is 84.0 cm³/mol. The summed E-state index contributed by atoms with van der Waals surface area (Å²) in [6, 6.07) is 5.62. The van der Waals surface area contributed by atoms with E-state index in [0.717, 1.165) is 29.8 Å². The third-order valence-electron chi connectivity index (χ3n) is 3.67. The monoisotopic (exact) mass is 289 g/mol. The van der Waals surface area contributed by atoms with E-state index in [-0.39, 0.29) is 18.4 Å². The Kier molecular flexibility index (Phi) is 4.21. The molecule has 0 unspecified atom stereocenters. The fourth-order valence-corrected chi connectivity index (χ4v) is 2.43. The van der Waals surface area contributed by atoms with Crippen molar-refractivity contribution in [3.63, 3.8) is 0 Å². The van der Waals surface area contributed by atoms with Crippen LogP contribution in [-0.2, 0) is 16.0 Å². The first-order chi connectivity index (χ1) is 9.80. The molecule has 0 radical (unpaired) electrons. The van der Waals surface area contributed by atoms with Crippen molar-refractivity contribution in [2.24, 2.45) is 5.41 Å². The summed E-state index contributed by atoms with van der Waals surface area (Å²) in [5.41, 5.74) is 8.10. The lowest BCUT2D eigenvalue weighted by Crippen LogP contribution is -2.45. The van der Waals surface area contributed by atoms with Gasteiger partial charge in [-0.1, -0.05) is 26.8 Å². The predicted octanol–water partition coefficient (Wildman–Crippen LogP) is 1.71. The average Bonchev–Trinajstić information content (AvgIpc) is 2.43. The molecule has 0 saturated heterocycles. The summed E-state index contributed by atoms with van der Waals surface area (Å²) in [4.78, 5) is 25.9. The Hall–Kier alpha value is -2.04. The number of nitrogens with two attached hydrogens (primary N) is 1. The van der Waals surface area contributed by atoms with Crippen molar-refractivity contribution in [1.29, 1.82) is 0 Å². The standard InChI is InChI=1S/C16H23N3O2/c1-16(2,3)15(21)18-10-14(20)19-9-5-6-11-12(17)7-4-8-13(11)19/h4,7-8H,5-6,9-10,17H2,1-3H3,(H,18,21). The zero-order valence-electron chi connectivity index (χ0n) is 12.9. The van der Waals surface area contributed by atoms with E-state index < -0.39 is 5.41 Å². The molecule has 0 atom stereocenters. The molecule has 0 spiro atoms. The van der Waals surface area contributed by atoms with Gasteiger partial charge in [0.2, 0.25) is 11.8 Å². The van der Waals surface area contributed by atoms with Crippen molar-refractivity contribution in [2.45, 2.75) is 33.6 Å². The van der Waals surface area contributed by atoms with Crippen molar-refractivity contribution >= 4 is 23.2 Å². The summed E-state index contributed by atoms with van der Waals surface area (Å²) in [5, 5.41) is 2.70. The van der Waals surface area contributed by atoms with Gasteiger partial charge in [0.25, 0.3) is 0 Å². The maximum absolute atomic E-state index is 12.4. The second-order valence-corrected chi connectivity index (χ2v) is 6.43. The molecule has 21 heavy (non-hydrogen) atoms. The molecule has 5 heteroatoms. The van der Waals surface area contributed by atoms with Crippen LogP contribution in [0.4, 0.5) is 11.4 Å². The van der Waals surface area contributed by atoms with Gasteiger partial charge in [0.05, 0.1) is 6.54 Å². The van der Waals surface area contributed by atoms with Crippen LogP contribution in [0.15, 0.2) is 18.2 Å². The number of hydrogen-bond donors (Lipinski definition) is 2. The van der Waals surface area contributed by atoms with E-state index in [2.05, 4.69) is 5.32 Å². The van der Waals surface area contributed by atoms with E-state index in [1.807, 2.05) is 39.0 Å². The molecule has 0 aromatic heterocycles. The molecule has 1 aliphatic heterocycles. The molecule has 1 aliphatic rings. The number of nitrogen functional groups attached to an aromatic ring is 1. The molecule has 0 bridgehead atoms. The fraction of sp³-hybridized carbons (Fsp3) is 0.500. The number of rotatable bonds is 2. The van der Waals surface area contributed by atoms with Crippen molar-refractivity contribution in [3.8, 4) is 0 Å². The first-order valence-corrected chi connectivity index (χ1v) is 7.27. The largest absolute Gasteiger partial charge is 0.398 e. The number of benzene rings is 1. The number of hydrogen-bond acceptors (Lipinski definition) is 3. The van der Waals surface area contributed by atoms with Crippen LogP contribution in [0.25, 0.3) is 0 Å². The maximum Gasteiger partial charge on any atom is 0.246 e. The molecule has 1 aromatic rings. The summed E-state index contributed by atoms with van der Waals surface area (Å²) < 4.78 is 0. The van der Waals surface area contributed by atoms with Gasteiger partial charge >= 0.3 is 0 Å². The highest BCUT2D eigenvalue weighted by molar-refractivity contribution is 5.98. The molecule has 2 rings (SSSR count). The van der Waals surface area contributed by atoms with Crippen LogP contribution < -0.4 is 16.0 Å². The Morgan fingerprint density at radius 2 is 2.05 bits per heavy atom. The number of anilines is 2. The van der Waals surface area contributed by atoms with E-state index in [4.69, 9.17) is 5.73 Å². The van der Waals surface area contributed by atoms with E-state index >= 15 is 0 Å². The van der Waals surface area contributed by atoms with Crippen LogP contribution in [0.5, 0.6) is 0 Å². The summed E-state index contributed by atoms with van der Waals surface area (Å²) in [6.07, 6.45) is 1.78. The minimum absolute atomic E-state index is 0.0182. The van der Waals surface area contributed by atoms with Crippen LogP contribution in [-0.4, -0.2) is 24.9 Å². The normalized spacial score (nSPS) is 14.5. The maximum atomic E-state index is 12.4. The number of nitrogens with one attached hydrogen (secondary N) is 1. The number of carbonyl (C=O) groups excluding carboxylic acids is 2. The third-order valence-corrected chi connectivity index (χ3v) is 3.67. The first kappa shape index (κ1) is 15.4. The van der Waals surface area contributed by atoms with Gasteiger partial charge in [-0.3, -0.25) is 9.59 Å². The van der Waals surface area contributed by atoms with Crippen molar-refractivity contribution in [1.82, 2.24) is 5.32 Å². The van der Waals surface area contributed by atoms with Gasteiger partial charge in [0.15, 0.2) is 0 Å². The van der Waals surface area contributed by atoms with Crippen molar-refractivity contribution < 1.29 is 9.59 Å². The zero-order chi connectivity index (χ0) is 15.6. The summed E-state index contributed by atoms with van der Waals surface area (Å²) in [6.45, 7) is 6.15. The van der Waals surface area contributed by atoms with E-state index in [9.17, 15) is 9.59 Å². The Labute approximate surface area is 125 Å². The van der Waals surface area contributed by atoms with Crippen LogP contribution in [0, 0.1) is 5.41 Å². The molecular formula is C16H23N3O2. The van der Waals surface area contributed by atoms with Gasteiger partial charge in [-0.2, -0.15) is 0 Å². The van der Waals surface area contributed by atoms with Crippen LogP contribution >= 0.6 is 0 Å². The van der Waals surface area contributed by atoms with Crippen LogP contribution in [0.3, 0.4) is 0 Å². The minimum atomic E-state index is -0.496. The molecule has 1 heterocycles. The lowest BCUT2D eigenvalue weighted by atomic mass is 9.96. The molecule has 0 fully saturated rings. The van der Waals surface area contributed by atoms with Gasteiger partial charge in [-0.05, 0) is 30.5 Å². The molecule has 1 aromatic carbocycles. The van der Waals surface area contributed by atoms with Crippen LogP contribution in [0.1, 0.15) is 32.8 Å². The Balaban J connectivity index is 2.09. The zero-order valence-corrected chi connectivity index (χ0v) is 12.9. The van der Waals surface area contributed by atoms with Gasteiger partial charge in [0, 0.05) is 23.3 Å². The second kappa shape index (κ2) is 5.76. The van der Waals surface area contributed by atoms with E-state index in [0.29, 0.717) is 6.54 Å². The lowest BCUT2D eigenvalue weighted by molar-refractivity contribution is -0.130. The Bertz CT molecular complexity index is 561. The van der Waals surface area contributed by atoms with Crippen LogP contribution in [0.2, 0.25) is 0 Å². The van der Waals surface area contributed by atoms with Gasteiger partial charge in [-0.25, -0.2) is 0 Å². The molecule has 2 amide bonds. The van der Waals surface area contributed by atoms with Crippen molar-refractivity contribution in [2.75, 3.05) is 23.7 Å². The fourth-order valence-electron chi connectivity index (χ4n) is 2.43. The smallest absolute Gasteiger partial charge is 0.246 e. The summed E-state index contributed by atoms with van der Waals surface area (Å²) in [7, 11) is 0. The highest BCUT2D eigenvalue weighted by Gasteiger charge is 2.26. The SMILES string of the molecule is CC(C)(C)C(=O)NCC(=O)N1CCCc2c(N)cccc21. The molecular weight excluding hydrogens is 266 g/mol. The average molecular weight is 289 g/mol. The molecule has 114 valence electrons. The number of amides is 2. The Morgan fingerprint density at radius 3 is 2.71 bits per heavy atom. The molecule has 0 saturated carbocycles. The van der Waals surface area contributed by atoms with Gasteiger partial charge in [0.1, 0.15) is 0 Å². The van der Waals surface area contributed by atoms with E-state index in [1.54, 1.807) is 4.90 Å². The second-order valence-electron chi connectivity index (χ2n) is 6.43. The first-order valence-electron chi connectivity index (χ1n) is 7.27. The molecule has 3 N–H and O–H groups in total. The quantitative estimate of drug-likeness (QED) is 0.814. The topological polar surface area (TPSA) is 75.4 Å². The lowest BCUT2D eigenvalue weighted by Gasteiger charge is -2.30. The molecule has 0 aliphatic carbocycles. The highest BCUT2D eigenvalue weighted by atomic mass is 16.2.